The molecule has 0 aromatic carbocycles. The molecule has 4 heteroatoms. The molecule has 8 heavy (non-hydrogen) atoms. The normalized spacial score (nSPS) is 9.12. The Morgan fingerprint density at radius 1 is 1.75 bits per heavy atom. The lowest BCUT2D eigenvalue weighted by Crippen LogP contribution is -1.79. The van der Waals surface area contributed by atoms with Crippen molar-refractivity contribution in [1.82, 2.24) is 9.97 Å². The van der Waals surface area contributed by atoms with Crippen molar-refractivity contribution in [1.29, 1.82) is 0 Å². The molecule has 0 aliphatic carbocycles. The van der Waals surface area contributed by atoms with Gasteiger partial charge in [-0.3, -0.25) is 0 Å². The first kappa shape index (κ1) is 6.15. The zero-order valence-electron chi connectivity index (χ0n) is 3.89. The molecular weight excluding hydrogens is 235 g/mol. The van der Waals surface area contributed by atoms with Crippen LogP contribution >= 0.6 is 34.8 Å². The fourth-order valence-corrected chi connectivity index (χ4v) is 0.732. The molecule has 1 aromatic rings. The van der Waals surface area contributed by atoms with Crippen LogP contribution in [-0.2, 0) is 0 Å². The monoisotopic (exact) mass is 238 g/mol. The molecule has 0 aliphatic heterocycles. The highest BCUT2D eigenvalue weighted by Gasteiger charge is 1.79. The van der Waals surface area contributed by atoms with Gasteiger partial charge in [-0.15, -0.1) is 0 Å². The molecule has 0 aliphatic rings. The van der Waals surface area contributed by atoms with Crippen LogP contribution in [-0.4, -0.2) is 9.97 Å². The van der Waals surface area contributed by atoms with E-state index in [1.165, 1.54) is 0 Å². The van der Waals surface area contributed by atoms with E-state index in [-0.39, 0.29) is 0 Å². The van der Waals surface area contributed by atoms with Crippen LogP contribution in [0.1, 0.15) is 0 Å². The zero-order chi connectivity index (χ0) is 5.98. The van der Waals surface area contributed by atoms with Crippen LogP contribution in [0.4, 0.5) is 0 Å². The number of nitrogens with zero attached hydrogens (tertiary/aromatic N) is 1. The van der Waals surface area contributed by atoms with E-state index in [9.17, 15) is 0 Å². The third-order valence-corrected chi connectivity index (χ3v) is 1.45. The highest BCUT2D eigenvalue weighted by Crippen LogP contribution is 1.96. The second-order valence-electron chi connectivity index (χ2n) is 1.24. The summed E-state index contributed by atoms with van der Waals surface area (Å²) in [7, 11) is 0. The van der Waals surface area contributed by atoms with Gasteiger partial charge >= 0.3 is 0 Å². The van der Waals surface area contributed by atoms with Gasteiger partial charge in [0.2, 0.25) is 0 Å². The minimum atomic E-state index is 0.533. The Kier molecular flexibility index (Phi) is 1.95. The Morgan fingerprint density at radius 3 is 2.88 bits per heavy atom. The molecule has 1 heterocycles. The summed E-state index contributed by atoms with van der Waals surface area (Å²) < 4.78 is 1.60. The molecule has 2 nitrogen and oxygen atoms in total. The number of rotatable bonds is 0. The van der Waals surface area contributed by atoms with Crippen molar-refractivity contribution in [3.8, 4) is 0 Å². The molecule has 1 N–H and O–H groups in total. The van der Waals surface area contributed by atoms with Crippen molar-refractivity contribution in [2.75, 3.05) is 0 Å². The molecule has 0 fully saturated rings. The molecule has 1 rings (SSSR count). The lowest BCUT2D eigenvalue weighted by Gasteiger charge is -1.83. The van der Waals surface area contributed by atoms with Crippen LogP contribution in [0.25, 0.3) is 0 Å². The lowest BCUT2D eigenvalue weighted by molar-refractivity contribution is 1.12. The van der Waals surface area contributed by atoms with Gasteiger partial charge in [-0.1, -0.05) is 0 Å². The van der Waals surface area contributed by atoms with Crippen molar-refractivity contribution in [3.63, 3.8) is 0 Å². The van der Waals surface area contributed by atoms with E-state index in [4.69, 9.17) is 12.2 Å². The summed E-state index contributed by atoms with van der Waals surface area (Å²) in [6.45, 7) is 0. The van der Waals surface area contributed by atoms with Gasteiger partial charge in [-0.25, -0.2) is 4.98 Å². The van der Waals surface area contributed by atoms with Gasteiger partial charge in [0.25, 0.3) is 0 Å². The molecule has 0 saturated carbocycles. The van der Waals surface area contributed by atoms with Crippen LogP contribution in [0, 0.1) is 8.34 Å². The van der Waals surface area contributed by atoms with E-state index < -0.39 is 0 Å². The number of aromatic amines is 1. The van der Waals surface area contributed by atoms with Crippen LogP contribution < -0.4 is 0 Å². The third kappa shape index (κ3) is 1.52. The largest absolute Gasteiger partial charge is 0.336 e. The molecule has 0 unspecified atom stereocenters. The van der Waals surface area contributed by atoms with Gasteiger partial charge in [-0.2, -0.15) is 0 Å². The first-order chi connectivity index (χ1) is 3.79. The summed E-state index contributed by atoms with van der Waals surface area (Å²) in [4.78, 5) is 6.63. The Labute approximate surface area is 65.5 Å². The zero-order valence-corrected chi connectivity index (χ0v) is 6.86. The molecule has 42 valence electrons. The first-order valence-electron chi connectivity index (χ1n) is 1.99. The second-order valence-corrected chi connectivity index (χ2v) is 2.87. The van der Waals surface area contributed by atoms with E-state index in [1.807, 2.05) is 6.20 Å². The van der Waals surface area contributed by atoms with Crippen LogP contribution in [0.3, 0.4) is 0 Å². The Bertz CT molecular complexity index is 211. The van der Waals surface area contributed by atoms with Crippen LogP contribution in [0.2, 0.25) is 0 Å². The molecular formula is C4H3IN2S. The SMILES string of the molecule is S=c1ncc(I)c[nH]1. The Morgan fingerprint density at radius 2 is 2.50 bits per heavy atom. The van der Waals surface area contributed by atoms with Crippen molar-refractivity contribution >= 4 is 34.8 Å². The van der Waals surface area contributed by atoms with Gasteiger partial charge in [0.05, 0.1) is 0 Å². The van der Waals surface area contributed by atoms with E-state index in [1.54, 1.807) is 6.20 Å². The summed E-state index contributed by atoms with van der Waals surface area (Å²) >= 11 is 6.86. The summed E-state index contributed by atoms with van der Waals surface area (Å²) in [5, 5.41) is 0. The fraction of sp³-hybridized carbons (Fsp3) is 0. The molecule has 1 aromatic heterocycles. The van der Waals surface area contributed by atoms with E-state index in [2.05, 4.69) is 32.6 Å². The minimum absolute atomic E-state index is 0.533. The standard InChI is InChI=1S/C4H3IN2S/c5-3-1-6-4(8)7-2-3/h1-2H,(H,6,7,8). The minimum Gasteiger partial charge on any atom is -0.336 e. The number of nitrogens with one attached hydrogen (secondary N) is 1. The van der Waals surface area contributed by atoms with Gasteiger partial charge in [0.1, 0.15) is 0 Å². The van der Waals surface area contributed by atoms with E-state index in [0.29, 0.717) is 4.77 Å². The van der Waals surface area contributed by atoms with Crippen molar-refractivity contribution in [3.05, 3.63) is 20.7 Å². The summed E-state index contributed by atoms with van der Waals surface area (Å²) in [5.74, 6) is 0. The smallest absolute Gasteiger partial charge is 0.196 e. The van der Waals surface area contributed by atoms with Crippen molar-refractivity contribution in [2.24, 2.45) is 0 Å². The lowest BCUT2D eigenvalue weighted by atomic mass is 10.7. The quantitative estimate of drug-likeness (QED) is 0.551. The van der Waals surface area contributed by atoms with E-state index >= 15 is 0 Å². The van der Waals surface area contributed by atoms with E-state index in [0.717, 1.165) is 3.57 Å². The van der Waals surface area contributed by atoms with Crippen molar-refractivity contribution < 1.29 is 0 Å². The van der Waals surface area contributed by atoms with Crippen LogP contribution in [0.15, 0.2) is 12.4 Å². The highest BCUT2D eigenvalue weighted by molar-refractivity contribution is 14.1. The topological polar surface area (TPSA) is 28.7 Å². The van der Waals surface area contributed by atoms with Gasteiger partial charge in [0, 0.05) is 16.0 Å². The molecule has 0 radical (unpaired) electrons. The maximum atomic E-state index is 4.70. The van der Waals surface area contributed by atoms with Crippen LogP contribution in [0.5, 0.6) is 0 Å². The summed E-state index contributed by atoms with van der Waals surface area (Å²) in [6.07, 6.45) is 3.54. The number of hydrogen-bond donors (Lipinski definition) is 1. The first-order valence-corrected chi connectivity index (χ1v) is 3.48. The third-order valence-electron chi connectivity index (χ3n) is 0.639. The Hall–Kier alpha value is 0.0300. The second kappa shape index (κ2) is 2.54. The van der Waals surface area contributed by atoms with Gasteiger partial charge in [-0.05, 0) is 34.8 Å². The highest BCUT2D eigenvalue weighted by atomic mass is 127. The number of hydrogen-bond acceptors (Lipinski definition) is 2. The average molecular weight is 238 g/mol. The average Bonchev–Trinajstić information content (AvgIpc) is 1.77. The predicted octanol–water partition coefficient (Wildman–Crippen LogP) is 1.74. The van der Waals surface area contributed by atoms with Gasteiger partial charge < -0.3 is 4.98 Å². The van der Waals surface area contributed by atoms with Gasteiger partial charge in [0.15, 0.2) is 4.77 Å². The number of H-pyrrole nitrogens is 1. The molecule has 0 saturated heterocycles. The number of aromatic nitrogens is 2. The summed E-state index contributed by atoms with van der Waals surface area (Å²) in [6, 6.07) is 0. The summed E-state index contributed by atoms with van der Waals surface area (Å²) in [5.41, 5.74) is 0. The predicted molar refractivity (Wildman–Crippen MR) is 42.1 cm³/mol. The van der Waals surface area contributed by atoms with Crippen molar-refractivity contribution in [2.45, 2.75) is 0 Å². The molecule has 0 bridgehead atoms. The number of halogens is 1. The molecule has 0 amide bonds. The maximum absolute atomic E-state index is 4.70. The molecule has 0 atom stereocenters. The Balaban J connectivity index is 3.22. The molecule has 0 spiro atoms. The maximum Gasteiger partial charge on any atom is 0.196 e. The fourth-order valence-electron chi connectivity index (χ4n) is 0.326.